The molecular weight excluding hydrogens is 210 g/mol. The van der Waals surface area contributed by atoms with Gasteiger partial charge in [-0.1, -0.05) is 6.92 Å². The molecule has 1 unspecified atom stereocenters. The predicted octanol–water partition coefficient (Wildman–Crippen LogP) is 2.12. The second-order valence-corrected chi connectivity index (χ2v) is 6.01. The van der Waals surface area contributed by atoms with E-state index in [1.165, 1.54) is 0 Å². The van der Waals surface area contributed by atoms with E-state index >= 15 is 0 Å². The van der Waals surface area contributed by atoms with Crippen LogP contribution in [-0.2, 0) is 4.79 Å². The number of carboxylic acids is 1. The Kier molecular flexibility index (Phi) is 4.06. The fraction of sp³-hybridized carbons (Fsp3) is 0.909. The minimum Gasteiger partial charge on any atom is -0.480 e. The molecule has 3 nitrogen and oxygen atoms in total. The van der Waals surface area contributed by atoms with E-state index in [4.69, 9.17) is 0 Å². The predicted molar refractivity (Wildman–Crippen MR) is 64.4 cm³/mol. The smallest absolute Gasteiger partial charge is 0.324 e. The van der Waals surface area contributed by atoms with Gasteiger partial charge in [0.05, 0.1) is 0 Å². The third-order valence-electron chi connectivity index (χ3n) is 3.11. The van der Waals surface area contributed by atoms with Crippen LogP contribution < -0.4 is 5.32 Å². The van der Waals surface area contributed by atoms with Crippen LogP contribution in [0.25, 0.3) is 0 Å². The monoisotopic (exact) mass is 231 g/mol. The number of carboxylic acid groups (broad SMARTS) is 1. The Morgan fingerprint density at radius 1 is 1.60 bits per heavy atom. The van der Waals surface area contributed by atoms with E-state index in [1.54, 1.807) is 11.8 Å². The lowest BCUT2D eigenvalue weighted by molar-refractivity contribution is -0.145. The first-order valence-electron chi connectivity index (χ1n) is 5.52. The van der Waals surface area contributed by atoms with Crippen LogP contribution in [0, 0.1) is 0 Å². The average molecular weight is 231 g/mol. The number of thioether (sulfide) groups is 1. The van der Waals surface area contributed by atoms with E-state index in [2.05, 4.69) is 26.1 Å². The molecule has 1 heterocycles. The number of rotatable bonds is 4. The number of nitrogens with one attached hydrogen (secondary N) is 1. The van der Waals surface area contributed by atoms with Gasteiger partial charge in [-0.2, -0.15) is 11.8 Å². The van der Waals surface area contributed by atoms with Gasteiger partial charge >= 0.3 is 5.97 Å². The molecule has 4 heteroatoms. The van der Waals surface area contributed by atoms with Crippen molar-refractivity contribution in [1.29, 1.82) is 0 Å². The van der Waals surface area contributed by atoms with E-state index in [0.29, 0.717) is 5.75 Å². The van der Waals surface area contributed by atoms with Gasteiger partial charge in [0.1, 0.15) is 5.54 Å². The molecule has 1 rings (SSSR count). The molecule has 88 valence electrons. The molecule has 1 aliphatic rings. The molecular formula is C11H21NO2S. The van der Waals surface area contributed by atoms with E-state index < -0.39 is 11.5 Å². The van der Waals surface area contributed by atoms with Crippen LogP contribution in [0.4, 0.5) is 0 Å². The van der Waals surface area contributed by atoms with Crippen molar-refractivity contribution in [3.8, 4) is 0 Å². The van der Waals surface area contributed by atoms with Gasteiger partial charge in [0, 0.05) is 11.3 Å². The molecule has 1 aliphatic heterocycles. The summed E-state index contributed by atoms with van der Waals surface area (Å²) in [7, 11) is 0. The van der Waals surface area contributed by atoms with Gasteiger partial charge in [-0.15, -0.1) is 0 Å². The first-order valence-corrected chi connectivity index (χ1v) is 6.68. The quantitative estimate of drug-likeness (QED) is 0.778. The molecule has 1 fully saturated rings. The molecule has 1 atom stereocenters. The van der Waals surface area contributed by atoms with Crippen LogP contribution in [-0.4, -0.2) is 33.7 Å². The van der Waals surface area contributed by atoms with Crippen LogP contribution in [0.3, 0.4) is 0 Å². The SMILES string of the molecule is CCC(C)(C)NC1(C(=O)O)CCCSC1. The molecule has 2 N–H and O–H groups in total. The van der Waals surface area contributed by atoms with E-state index in [0.717, 1.165) is 25.0 Å². The number of carbonyl (C=O) groups is 1. The van der Waals surface area contributed by atoms with Crippen molar-refractivity contribution in [3.05, 3.63) is 0 Å². The van der Waals surface area contributed by atoms with Crippen molar-refractivity contribution in [2.45, 2.75) is 51.1 Å². The molecule has 0 spiro atoms. The standard InChI is InChI=1S/C11H21NO2S/c1-4-10(2,3)12-11(9(13)14)6-5-7-15-8-11/h12H,4-8H2,1-3H3,(H,13,14). The fourth-order valence-electron chi connectivity index (χ4n) is 1.85. The summed E-state index contributed by atoms with van der Waals surface area (Å²) in [6, 6.07) is 0. The Hall–Kier alpha value is -0.220. The Morgan fingerprint density at radius 2 is 2.27 bits per heavy atom. The highest BCUT2D eigenvalue weighted by molar-refractivity contribution is 7.99. The molecule has 0 aliphatic carbocycles. The number of aliphatic carboxylic acids is 1. The minimum atomic E-state index is -0.706. The van der Waals surface area contributed by atoms with Gasteiger partial charge in [-0.05, 0) is 38.9 Å². The summed E-state index contributed by atoms with van der Waals surface area (Å²) in [6.45, 7) is 6.21. The summed E-state index contributed by atoms with van der Waals surface area (Å²) in [5.41, 5.74) is -0.807. The minimum absolute atomic E-state index is 0.101. The van der Waals surface area contributed by atoms with Crippen LogP contribution in [0.15, 0.2) is 0 Å². The van der Waals surface area contributed by atoms with Gasteiger partial charge < -0.3 is 5.11 Å². The second kappa shape index (κ2) is 4.74. The van der Waals surface area contributed by atoms with Crippen molar-refractivity contribution < 1.29 is 9.90 Å². The Morgan fingerprint density at radius 3 is 2.67 bits per heavy atom. The lowest BCUT2D eigenvalue weighted by Crippen LogP contribution is -2.62. The van der Waals surface area contributed by atoms with Crippen LogP contribution >= 0.6 is 11.8 Å². The zero-order valence-electron chi connectivity index (χ0n) is 9.80. The van der Waals surface area contributed by atoms with E-state index in [-0.39, 0.29) is 5.54 Å². The molecule has 0 bridgehead atoms. The number of hydrogen-bond donors (Lipinski definition) is 2. The molecule has 0 radical (unpaired) electrons. The van der Waals surface area contributed by atoms with Crippen LogP contribution in [0.5, 0.6) is 0 Å². The summed E-state index contributed by atoms with van der Waals surface area (Å²) >= 11 is 1.74. The summed E-state index contributed by atoms with van der Waals surface area (Å²) in [5.74, 6) is 1.07. The van der Waals surface area contributed by atoms with Crippen molar-refractivity contribution >= 4 is 17.7 Å². The molecule has 1 saturated heterocycles. The zero-order chi connectivity index (χ0) is 11.5. The summed E-state index contributed by atoms with van der Waals surface area (Å²) in [4.78, 5) is 11.4. The second-order valence-electron chi connectivity index (χ2n) is 4.91. The molecule has 0 amide bonds. The zero-order valence-corrected chi connectivity index (χ0v) is 10.6. The Bertz CT molecular complexity index is 235. The van der Waals surface area contributed by atoms with Crippen molar-refractivity contribution in [1.82, 2.24) is 5.32 Å². The normalized spacial score (nSPS) is 27.7. The maximum absolute atomic E-state index is 11.4. The topological polar surface area (TPSA) is 49.3 Å². The average Bonchev–Trinajstić information content (AvgIpc) is 2.18. The van der Waals surface area contributed by atoms with Crippen LogP contribution in [0.1, 0.15) is 40.0 Å². The summed E-state index contributed by atoms with van der Waals surface area (Å²) in [5, 5.41) is 12.7. The molecule has 15 heavy (non-hydrogen) atoms. The first-order chi connectivity index (χ1) is 6.92. The largest absolute Gasteiger partial charge is 0.480 e. The van der Waals surface area contributed by atoms with E-state index in [9.17, 15) is 9.90 Å². The van der Waals surface area contributed by atoms with Crippen molar-refractivity contribution in [2.75, 3.05) is 11.5 Å². The van der Waals surface area contributed by atoms with Gasteiger partial charge in [0.25, 0.3) is 0 Å². The van der Waals surface area contributed by atoms with Gasteiger partial charge in [0.15, 0.2) is 0 Å². The summed E-state index contributed by atoms with van der Waals surface area (Å²) in [6.07, 6.45) is 2.68. The maximum atomic E-state index is 11.4. The van der Waals surface area contributed by atoms with Gasteiger partial charge in [-0.25, -0.2) is 0 Å². The highest BCUT2D eigenvalue weighted by Gasteiger charge is 2.42. The molecule has 0 aromatic heterocycles. The molecule has 0 saturated carbocycles. The van der Waals surface area contributed by atoms with Crippen molar-refractivity contribution in [3.63, 3.8) is 0 Å². The lowest BCUT2D eigenvalue weighted by Gasteiger charge is -2.40. The fourth-order valence-corrected chi connectivity index (χ4v) is 3.03. The Labute approximate surface area is 96.0 Å². The molecule has 0 aromatic carbocycles. The van der Waals surface area contributed by atoms with Gasteiger partial charge in [-0.3, -0.25) is 10.1 Å². The maximum Gasteiger partial charge on any atom is 0.324 e. The Balaban J connectivity index is 2.77. The van der Waals surface area contributed by atoms with E-state index in [1.807, 2.05) is 0 Å². The highest BCUT2D eigenvalue weighted by Crippen LogP contribution is 2.29. The van der Waals surface area contributed by atoms with Gasteiger partial charge in [0.2, 0.25) is 0 Å². The lowest BCUT2D eigenvalue weighted by atomic mass is 9.90. The highest BCUT2D eigenvalue weighted by atomic mass is 32.2. The number of hydrogen-bond acceptors (Lipinski definition) is 3. The third kappa shape index (κ3) is 3.11. The summed E-state index contributed by atoms with van der Waals surface area (Å²) < 4.78 is 0. The van der Waals surface area contributed by atoms with Crippen molar-refractivity contribution in [2.24, 2.45) is 0 Å². The third-order valence-corrected chi connectivity index (χ3v) is 4.39. The molecule has 0 aromatic rings. The van der Waals surface area contributed by atoms with Crippen LogP contribution in [0.2, 0.25) is 0 Å². The first kappa shape index (κ1) is 12.8.